The molecule has 0 radical (unpaired) electrons. The zero-order valence-corrected chi connectivity index (χ0v) is 13.5. The first-order valence-corrected chi connectivity index (χ1v) is 8.02. The lowest BCUT2D eigenvalue weighted by Crippen LogP contribution is -2.12. The number of hydrogen-bond donors (Lipinski definition) is 2. The minimum atomic E-state index is -0.504. The van der Waals surface area contributed by atoms with E-state index in [0.29, 0.717) is 22.2 Å². The molecule has 0 bridgehead atoms. The number of ether oxygens (including phenoxy) is 1. The van der Waals surface area contributed by atoms with Gasteiger partial charge in [0.15, 0.2) is 5.16 Å². The van der Waals surface area contributed by atoms with E-state index < -0.39 is 11.9 Å². The Hall–Kier alpha value is -2.61. The smallest absolute Gasteiger partial charge is 0.343 e. The van der Waals surface area contributed by atoms with Crippen LogP contribution in [0.4, 0.5) is 11.5 Å². The first kappa shape index (κ1) is 16.8. The summed E-state index contributed by atoms with van der Waals surface area (Å²) in [5.41, 5.74) is 6.50. The van der Waals surface area contributed by atoms with Crippen LogP contribution in [0, 0.1) is 0 Å². The minimum Gasteiger partial charge on any atom is -0.462 e. The van der Waals surface area contributed by atoms with Crippen LogP contribution in [0.25, 0.3) is 0 Å². The summed E-state index contributed by atoms with van der Waals surface area (Å²) < 4.78 is 5.00. The molecule has 1 heterocycles. The summed E-state index contributed by atoms with van der Waals surface area (Å²) in [6.07, 6.45) is 3.27. The van der Waals surface area contributed by atoms with Crippen LogP contribution in [0.1, 0.15) is 27.6 Å². The monoisotopic (exact) mass is 332 g/mol. The summed E-state index contributed by atoms with van der Waals surface area (Å²) in [6.45, 7) is 1.99. The molecule has 1 amide bonds. The van der Waals surface area contributed by atoms with E-state index in [-0.39, 0.29) is 12.2 Å². The van der Waals surface area contributed by atoms with Crippen LogP contribution in [0.2, 0.25) is 0 Å². The third-order valence-electron chi connectivity index (χ3n) is 2.88. The van der Waals surface area contributed by atoms with Crippen LogP contribution in [0.15, 0.2) is 35.6 Å². The van der Waals surface area contributed by atoms with Crippen molar-refractivity contribution in [3.8, 4) is 0 Å². The number of rotatable bonds is 6. The van der Waals surface area contributed by atoms with Gasteiger partial charge in [0, 0.05) is 17.4 Å². The molecule has 0 saturated carbocycles. The average Bonchev–Trinajstić information content (AvgIpc) is 2.55. The number of carbonyl (C=O) groups excluding carboxylic acids is 2. The van der Waals surface area contributed by atoms with Gasteiger partial charge < -0.3 is 15.8 Å². The maximum atomic E-state index is 12.0. The number of nitrogens with two attached hydrogens (primary N) is 1. The first-order valence-electron chi connectivity index (χ1n) is 6.80. The molecule has 2 aromatic rings. The number of thioether (sulfide) groups is 1. The molecule has 0 aliphatic carbocycles. The van der Waals surface area contributed by atoms with Crippen LogP contribution in [-0.4, -0.2) is 34.7 Å². The van der Waals surface area contributed by atoms with Gasteiger partial charge in [-0.05, 0) is 37.4 Å². The third-order valence-corrected chi connectivity index (χ3v) is 3.44. The molecule has 2 rings (SSSR count). The Morgan fingerprint density at radius 1 is 1.30 bits per heavy atom. The van der Waals surface area contributed by atoms with Crippen molar-refractivity contribution in [1.82, 2.24) is 9.97 Å². The summed E-state index contributed by atoms with van der Waals surface area (Å²) >= 11 is 1.36. The zero-order valence-electron chi connectivity index (χ0n) is 12.7. The van der Waals surface area contributed by atoms with Crippen molar-refractivity contribution in [1.29, 1.82) is 0 Å². The lowest BCUT2D eigenvalue weighted by atomic mass is 10.2. The maximum absolute atomic E-state index is 12.0. The Bertz CT molecular complexity index is 719. The average molecular weight is 332 g/mol. The van der Waals surface area contributed by atoms with Gasteiger partial charge in [-0.3, -0.25) is 4.79 Å². The van der Waals surface area contributed by atoms with Crippen molar-refractivity contribution in [3.05, 3.63) is 41.6 Å². The van der Waals surface area contributed by atoms with Crippen LogP contribution in [-0.2, 0) is 4.74 Å². The molecule has 1 aromatic carbocycles. The van der Waals surface area contributed by atoms with Gasteiger partial charge in [-0.15, -0.1) is 0 Å². The van der Waals surface area contributed by atoms with E-state index >= 15 is 0 Å². The molecule has 8 heteroatoms. The van der Waals surface area contributed by atoms with Crippen molar-refractivity contribution in [2.24, 2.45) is 5.73 Å². The van der Waals surface area contributed by atoms with Crippen LogP contribution in [0.3, 0.4) is 0 Å². The van der Waals surface area contributed by atoms with Crippen LogP contribution < -0.4 is 11.1 Å². The number of carbonyl (C=O) groups is 2. The Balaban J connectivity index is 2.32. The number of benzene rings is 1. The van der Waals surface area contributed by atoms with E-state index in [2.05, 4.69) is 15.3 Å². The van der Waals surface area contributed by atoms with E-state index in [9.17, 15) is 9.59 Å². The second-order valence-electron chi connectivity index (χ2n) is 4.41. The Morgan fingerprint density at radius 2 is 2.00 bits per heavy atom. The molecule has 0 aliphatic rings. The Morgan fingerprint density at radius 3 is 2.57 bits per heavy atom. The zero-order chi connectivity index (χ0) is 16.8. The lowest BCUT2D eigenvalue weighted by molar-refractivity contribution is 0.0526. The molecule has 0 spiro atoms. The van der Waals surface area contributed by atoms with E-state index in [1.54, 1.807) is 31.2 Å². The Labute approximate surface area is 137 Å². The number of hydrogen-bond acceptors (Lipinski definition) is 7. The lowest BCUT2D eigenvalue weighted by Gasteiger charge is -2.11. The van der Waals surface area contributed by atoms with Gasteiger partial charge in [0.25, 0.3) is 0 Å². The topological polar surface area (TPSA) is 107 Å². The predicted molar refractivity (Wildman–Crippen MR) is 88.0 cm³/mol. The predicted octanol–water partition coefficient (Wildman–Crippen LogP) is 2.22. The second-order valence-corrected chi connectivity index (χ2v) is 5.18. The fourth-order valence-corrected chi connectivity index (χ4v) is 2.11. The molecule has 3 N–H and O–H groups in total. The molecular formula is C15H16N4O3S. The number of anilines is 2. The normalized spacial score (nSPS) is 10.2. The van der Waals surface area contributed by atoms with Crippen LogP contribution >= 0.6 is 11.8 Å². The van der Waals surface area contributed by atoms with Crippen LogP contribution in [0.5, 0.6) is 0 Å². The molecule has 0 unspecified atom stereocenters. The highest BCUT2D eigenvalue weighted by molar-refractivity contribution is 7.98. The molecular weight excluding hydrogens is 316 g/mol. The van der Waals surface area contributed by atoms with Crippen molar-refractivity contribution in [3.63, 3.8) is 0 Å². The third kappa shape index (κ3) is 4.19. The molecule has 0 fully saturated rings. The molecule has 7 nitrogen and oxygen atoms in total. The van der Waals surface area contributed by atoms with E-state index in [0.717, 1.165) is 0 Å². The van der Waals surface area contributed by atoms with Gasteiger partial charge in [-0.2, -0.15) is 0 Å². The van der Waals surface area contributed by atoms with Crippen molar-refractivity contribution in [2.45, 2.75) is 12.1 Å². The molecule has 0 saturated heterocycles. The van der Waals surface area contributed by atoms with E-state index in [1.165, 1.54) is 18.0 Å². The maximum Gasteiger partial charge on any atom is 0.343 e. The number of aromatic nitrogens is 2. The summed E-state index contributed by atoms with van der Waals surface area (Å²) in [6, 6.07) is 6.53. The minimum absolute atomic E-state index is 0.239. The summed E-state index contributed by atoms with van der Waals surface area (Å²) in [7, 11) is 0. The summed E-state index contributed by atoms with van der Waals surface area (Å²) in [4.78, 5) is 31.5. The number of esters is 1. The highest BCUT2D eigenvalue weighted by atomic mass is 32.2. The number of nitrogens with one attached hydrogen (secondary N) is 1. The van der Waals surface area contributed by atoms with Gasteiger partial charge >= 0.3 is 5.97 Å². The quantitative estimate of drug-likeness (QED) is 0.474. The first-order chi connectivity index (χ1) is 11.0. The summed E-state index contributed by atoms with van der Waals surface area (Å²) in [5.74, 6) is -0.665. The number of primary amides is 1. The van der Waals surface area contributed by atoms with Crippen molar-refractivity contribution < 1.29 is 14.3 Å². The Kier molecular flexibility index (Phi) is 5.53. The standard InChI is InChI=1S/C15H16N4O3S/c1-3-22-14(21)11-8-17-15(23-2)19-13(11)18-10-6-4-9(5-7-10)12(16)20/h4-8H,3H2,1-2H3,(H2,16,20)(H,17,18,19). The fraction of sp³-hybridized carbons (Fsp3) is 0.200. The fourth-order valence-electron chi connectivity index (χ4n) is 1.77. The SMILES string of the molecule is CCOC(=O)c1cnc(SC)nc1Nc1ccc(C(N)=O)cc1. The van der Waals surface area contributed by atoms with E-state index in [4.69, 9.17) is 10.5 Å². The number of amides is 1. The molecule has 120 valence electrons. The van der Waals surface area contributed by atoms with Gasteiger partial charge in [-0.25, -0.2) is 14.8 Å². The van der Waals surface area contributed by atoms with Gasteiger partial charge in [0.2, 0.25) is 5.91 Å². The van der Waals surface area contributed by atoms with Crippen molar-refractivity contribution in [2.75, 3.05) is 18.2 Å². The molecule has 1 aromatic heterocycles. The van der Waals surface area contributed by atoms with Crippen molar-refractivity contribution >= 4 is 35.1 Å². The second kappa shape index (κ2) is 7.59. The molecule has 0 aliphatic heterocycles. The van der Waals surface area contributed by atoms with Gasteiger partial charge in [-0.1, -0.05) is 11.8 Å². The number of nitrogens with zero attached hydrogens (tertiary/aromatic N) is 2. The summed E-state index contributed by atoms with van der Waals surface area (Å²) in [5, 5.41) is 3.56. The molecule has 23 heavy (non-hydrogen) atoms. The van der Waals surface area contributed by atoms with Gasteiger partial charge in [0.1, 0.15) is 11.4 Å². The highest BCUT2D eigenvalue weighted by Crippen LogP contribution is 2.22. The largest absolute Gasteiger partial charge is 0.462 e. The molecule has 0 atom stereocenters. The van der Waals surface area contributed by atoms with E-state index in [1.807, 2.05) is 6.26 Å². The van der Waals surface area contributed by atoms with Gasteiger partial charge in [0.05, 0.1) is 6.61 Å². The highest BCUT2D eigenvalue weighted by Gasteiger charge is 2.16.